The standard InChI is InChI=1S/C21H22N4O.2C2HF3O/c1-13(2)7-14-8-16(12-22-11-14)19-9-15(3-5-23-19)20-10-17-18(25-20)4-6-24-21(17)26;2*3-2(4,5)1-6/h3,5,8-13,25H,4,6-7H2,1-2H3,(H,24,26);2*1H. The van der Waals surface area contributed by atoms with Crippen LogP contribution in [-0.4, -0.2) is 52.3 Å². The Bertz CT molecular complexity index is 1230. The molecule has 4 rings (SSSR count). The molecule has 2 N–H and O–H groups in total. The molecule has 1 aliphatic rings. The normalized spacial score (nSPS) is 12.8. The quantitative estimate of drug-likeness (QED) is 0.352. The highest BCUT2D eigenvalue weighted by atomic mass is 19.4. The number of nitrogens with one attached hydrogen (secondary N) is 2. The topological polar surface area (TPSA) is 105 Å². The molecule has 0 atom stereocenters. The summed E-state index contributed by atoms with van der Waals surface area (Å²) in [5, 5.41) is 2.88. The molecule has 13 heteroatoms. The fourth-order valence-corrected chi connectivity index (χ4v) is 3.42. The van der Waals surface area contributed by atoms with E-state index in [1.54, 1.807) is 6.20 Å². The molecule has 38 heavy (non-hydrogen) atoms. The Morgan fingerprint density at radius 3 is 2.16 bits per heavy atom. The molecule has 0 saturated carbocycles. The van der Waals surface area contributed by atoms with Gasteiger partial charge in [0.15, 0.2) is 0 Å². The molecule has 3 aromatic rings. The molecule has 0 fully saturated rings. The van der Waals surface area contributed by atoms with Gasteiger partial charge in [0, 0.05) is 54.1 Å². The number of fused-ring (bicyclic) bond motifs is 1. The number of amides is 1. The van der Waals surface area contributed by atoms with E-state index in [-0.39, 0.29) is 5.91 Å². The summed E-state index contributed by atoms with van der Waals surface area (Å²) in [4.78, 5) is 41.7. The Kier molecular flexibility index (Phi) is 10.3. The van der Waals surface area contributed by atoms with Gasteiger partial charge < -0.3 is 10.3 Å². The highest BCUT2D eigenvalue weighted by Crippen LogP contribution is 2.27. The predicted molar refractivity (Wildman–Crippen MR) is 126 cm³/mol. The largest absolute Gasteiger partial charge is 0.446 e. The summed E-state index contributed by atoms with van der Waals surface area (Å²) in [6.07, 6.45) is -3.99. The Labute approximate surface area is 213 Å². The van der Waals surface area contributed by atoms with Crippen molar-refractivity contribution in [2.24, 2.45) is 5.92 Å². The number of rotatable bonds is 4. The molecular formula is C25H24F6N4O3. The van der Waals surface area contributed by atoms with E-state index in [2.05, 4.69) is 40.2 Å². The van der Waals surface area contributed by atoms with Gasteiger partial charge in [-0.05, 0) is 42.2 Å². The van der Waals surface area contributed by atoms with Crippen LogP contribution in [0.5, 0.6) is 0 Å². The van der Waals surface area contributed by atoms with E-state index in [9.17, 15) is 31.1 Å². The smallest absolute Gasteiger partial charge is 0.358 e. The van der Waals surface area contributed by atoms with Crippen LogP contribution in [0.2, 0.25) is 0 Å². The summed E-state index contributed by atoms with van der Waals surface area (Å²) in [6.45, 7) is 5.09. The summed E-state index contributed by atoms with van der Waals surface area (Å²) < 4.78 is 62.5. The second-order valence-electron chi connectivity index (χ2n) is 8.51. The van der Waals surface area contributed by atoms with Crippen molar-refractivity contribution in [3.63, 3.8) is 0 Å². The summed E-state index contributed by atoms with van der Waals surface area (Å²) in [6, 6.07) is 8.10. The number of H-pyrrole nitrogens is 1. The molecule has 0 saturated heterocycles. The van der Waals surface area contributed by atoms with Crippen LogP contribution in [0.3, 0.4) is 0 Å². The molecule has 0 aromatic carbocycles. The zero-order valence-corrected chi connectivity index (χ0v) is 20.3. The summed E-state index contributed by atoms with van der Waals surface area (Å²) >= 11 is 0. The maximum absolute atomic E-state index is 12.0. The first-order valence-corrected chi connectivity index (χ1v) is 11.2. The van der Waals surface area contributed by atoms with Gasteiger partial charge in [0.2, 0.25) is 12.6 Å². The minimum Gasteiger partial charge on any atom is -0.358 e. The van der Waals surface area contributed by atoms with Gasteiger partial charge in [-0.25, -0.2) is 0 Å². The predicted octanol–water partition coefficient (Wildman–Crippen LogP) is 5.12. The molecule has 0 spiro atoms. The lowest BCUT2D eigenvalue weighted by molar-refractivity contribution is -0.156. The fourth-order valence-electron chi connectivity index (χ4n) is 3.42. The van der Waals surface area contributed by atoms with Crippen molar-refractivity contribution in [1.29, 1.82) is 0 Å². The third-order valence-corrected chi connectivity index (χ3v) is 4.88. The molecule has 0 unspecified atom stereocenters. The molecule has 1 amide bonds. The van der Waals surface area contributed by atoms with Crippen molar-refractivity contribution in [1.82, 2.24) is 20.3 Å². The van der Waals surface area contributed by atoms with E-state index in [1.165, 1.54) is 5.56 Å². The zero-order valence-electron chi connectivity index (χ0n) is 20.3. The van der Waals surface area contributed by atoms with E-state index < -0.39 is 24.9 Å². The van der Waals surface area contributed by atoms with Gasteiger partial charge in [-0.15, -0.1) is 0 Å². The summed E-state index contributed by atoms with van der Waals surface area (Å²) in [7, 11) is 0. The average molecular weight is 542 g/mol. The van der Waals surface area contributed by atoms with Gasteiger partial charge in [0.05, 0.1) is 11.3 Å². The Hall–Kier alpha value is -4.03. The Morgan fingerprint density at radius 1 is 0.974 bits per heavy atom. The van der Waals surface area contributed by atoms with Gasteiger partial charge in [0.25, 0.3) is 5.91 Å². The minimum absolute atomic E-state index is 0.00591. The lowest BCUT2D eigenvalue weighted by atomic mass is 10.0. The lowest BCUT2D eigenvalue weighted by Gasteiger charge is -2.11. The van der Waals surface area contributed by atoms with Crippen LogP contribution in [-0.2, 0) is 22.4 Å². The van der Waals surface area contributed by atoms with E-state index in [4.69, 9.17) is 9.59 Å². The molecule has 1 aliphatic heterocycles. The van der Waals surface area contributed by atoms with Crippen molar-refractivity contribution >= 4 is 18.5 Å². The third-order valence-electron chi connectivity index (χ3n) is 4.88. The number of aromatic nitrogens is 3. The monoisotopic (exact) mass is 542 g/mol. The molecule has 0 radical (unpaired) electrons. The van der Waals surface area contributed by atoms with Crippen LogP contribution in [0, 0.1) is 5.92 Å². The summed E-state index contributed by atoms with van der Waals surface area (Å²) in [5.41, 5.74) is 6.83. The Balaban J connectivity index is 0.000000355. The van der Waals surface area contributed by atoms with Crippen LogP contribution in [0.4, 0.5) is 26.3 Å². The minimum atomic E-state index is -4.64. The number of hydrogen-bond acceptors (Lipinski definition) is 5. The van der Waals surface area contributed by atoms with Gasteiger partial charge in [-0.1, -0.05) is 13.8 Å². The number of hydrogen-bond donors (Lipinski definition) is 2. The van der Waals surface area contributed by atoms with Crippen LogP contribution in [0.15, 0.2) is 42.9 Å². The first-order chi connectivity index (χ1) is 17.7. The van der Waals surface area contributed by atoms with Crippen molar-refractivity contribution in [2.75, 3.05) is 6.54 Å². The second-order valence-corrected chi connectivity index (χ2v) is 8.51. The highest BCUT2D eigenvalue weighted by molar-refractivity contribution is 5.97. The van der Waals surface area contributed by atoms with Crippen LogP contribution in [0.25, 0.3) is 22.5 Å². The van der Waals surface area contributed by atoms with E-state index >= 15 is 0 Å². The maximum atomic E-state index is 12.0. The van der Waals surface area contributed by atoms with Crippen LogP contribution < -0.4 is 5.32 Å². The SMILES string of the molecule is CC(C)Cc1cncc(-c2cc(-c3cc4c([nH]3)CCNC4=O)ccn2)c1.O=CC(F)(F)F.O=CC(F)(F)F. The lowest BCUT2D eigenvalue weighted by Crippen LogP contribution is -2.31. The number of carbonyl (C=O) groups excluding carboxylic acids is 3. The van der Waals surface area contributed by atoms with Gasteiger partial charge in [-0.3, -0.25) is 24.4 Å². The van der Waals surface area contributed by atoms with Crippen molar-refractivity contribution in [3.8, 4) is 22.5 Å². The second kappa shape index (κ2) is 13.0. The van der Waals surface area contributed by atoms with Crippen molar-refractivity contribution in [2.45, 2.75) is 39.0 Å². The number of pyridine rings is 2. The molecule has 3 aromatic heterocycles. The maximum Gasteiger partial charge on any atom is 0.446 e. The van der Waals surface area contributed by atoms with Crippen molar-refractivity contribution < 1.29 is 40.7 Å². The van der Waals surface area contributed by atoms with Gasteiger partial charge in [0.1, 0.15) is 0 Å². The number of aromatic amines is 1. The number of halogens is 6. The van der Waals surface area contributed by atoms with E-state index in [0.29, 0.717) is 12.5 Å². The van der Waals surface area contributed by atoms with Crippen LogP contribution >= 0.6 is 0 Å². The first kappa shape index (κ1) is 30.2. The molecule has 204 valence electrons. The van der Waals surface area contributed by atoms with Crippen molar-refractivity contribution in [3.05, 3.63) is 59.7 Å². The third kappa shape index (κ3) is 9.79. The fraction of sp³-hybridized carbons (Fsp3) is 0.320. The van der Waals surface area contributed by atoms with Gasteiger partial charge in [-0.2, -0.15) is 26.3 Å². The molecule has 4 heterocycles. The number of aldehydes is 2. The average Bonchev–Trinajstić information content (AvgIpc) is 3.30. The van der Waals surface area contributed by atoms with Crippen LogP contribution in [0.1, 0.15) is 35.5 Å². The number of carbonyl (C=O) groups is 3. The summed E-state index contributed by atoms with van der Waals surface area (Å²) in [5.74, 6) is 0.580. The molecule has 0 bridgehead atoms. The van der Waals surface area contributed by atoms with E-state index in [0.717, 1.165) is 46.6 Å². The molecular weight excluding hydrogens is 518 g/mol. The molecule has 0 aliphatic carbocycles. The Morgan fingerprint density at radius 2 is 1.61 bits per heavy atom. The molecule has 7 nitrogen and oxygen atoms in total. The number of alkyl halides is 6. The number of nitrogens with zero attached hydrogens (tertiary/aromatic N) is 2. The highest BCUT2D eigenvalue weighted by Gasteiger charge is 2.25. The van der Waals surface area contributed by atoms with E-state index in [1.807, 2.05) is 30.6 Å². The van der Waals surface area contributed by atoms with Gasteiger partial charge >= 0.3 is 12.4 Å². The zero-order chi connectivity index (χ0) is 28.5. The first-order valence-electron chi connectivity index (χ1n) is 11.2.